The number of benzene rings is 5. The Kier molecular flexibility index (Phi) is 5.10. The molecule has 0 fully saturated rings. The minimum atomic E-state index is 0.602. The summed E-state index contributed by atoms with van der Waals surface area (Å²) < 4.78 is 6.65. The molecule has 4 aromatic heterocycles. The minimum absolute atomic E-state index is 0.602. The van der Waals surface area contributed by atoms with E-state index >= 15 is 0 Å². The van der Waals surface area contributed by atoms with Crippen molar-refractivity contribution in [2.75, 3.05) is 0 Å². The number of fused-ring (bicyclic) bond motifs is 7. The van der Waals surface area contributed by atoms with Crippen molar-refractivity contribution in [2.24, 2.45) is 0 Å². The fraction of sp³-hybridized carbons (Fsp3) is 0. The van der Waals surface area contributed by atoms with Crippen LogP contribution in [0, 0.1) is 0 Å². The Morgan fingerprint density at radius 3 is 1.63 bits per heavy atom. The maximum Gasteiger partial charge on any atom is 0.237 e. The number of hydrogen-bond donors (Lipinski definition) is 0. The lowest BCUT2D eigenvalue weighted by Crippen LogP contribution is -2.05. The summed E-state index contributed by atoms with van der Waals surface area (Å²) in [4.78, 5) is 15.7. The monoisotopic (exact) mass is 552 g/mol. The molecule has 0 bridgehead atoms. The predicted molar refractivity (Wildman–Crippen MR) is 173 cm³/mol. The van der Waals surface area contributed by atoms with Crippen molar-refractivity contribution in [2.45, 2.75) is 0 Å². The van der Waals surface area contributed by atoms with Gasteiger partial charge in [-0.05, 0) is 36.4 Å². The third kappa shape index (κ3) is 3.57. The highest BCUT2D eigenvalue weighted by Crippen LogP contribution is 2.36. The first-order valence-electron chi connectivity index (χ1n) is 14.3. The van der Waals surface area contributed by atoms with E-state index < -0.39 is 0 Å². The van der Waals surface area contributed by atoms with Gasteiger partial charge in [0.25, 0.3) is 0 Å². The Balaban J connectivity index is 1.44. The second-order valence-corrected chi connectivity index (χ2v) is 10.6. The van der Waals surface area contributed by atoms with Crippen LogP contribution < -0.4 is 0 Å². The third-order valence-electron chi connectivity index (χ3n) is 8.08. The van der Waals surface area contributed by atoms with Crippen LogP contribution in [0.3, 0.4) is 0 Å². The Bertz CT molecular complexity index is 2380. The molecule has 0 radical (unpaired) electrons. The molecule has 0 amide bonds. The van der Waals surface area contributed by atoms with Crippen LogP contribution in [0.2, 0.25) is 0 Å². The van der Waals surface area contributed by atoms with E-state index in [0.29, 0.717) is 5.95 Å². The SMILES string of the molecule is c1ccc(-c2cc(-c3ccccc3)nc(-n3c4ccccc4c4nc5n(-c6ccccc6)c6ccccc6n5c43)n2)cc1. The Hall–Kier alpha value is -6.01. The summed E-state index contributed by atoms with van der Waals surface area (Å²) in [6.07, 6.45) is 0. The van der Waals surface area contributed by atoms with Crippen molar-refractivity contribution in [1.82, 2.24) is 28.5 Å². The summed E-state index contributed by atoms with van der Waals surface area (Å²) >= 11 is 0. The van der Waals surface area contributed by atoms with Crippen LogP contribution in [0.5, 0.6) is 0 Å². The number of aromatic nitrogens is 6. The summed E-state index contributed by atoms with van der Waals surface area (Å²) in [7, 11) is 0. The molecule has 0 unspecified atom stereocenters. The number of nitrogens with zero attached hydrogens (tertiary/aromatic N) is 6. The van der Waals surface area contributed by atoms with Crippen molar-refractivity contribution in [3.63, 3.8) is 0 Å². The zero-order chi connectivity index (χ0) is 28.3. The lowest BCUT2D eigenvalue weighted by molar-refractivity contribution is 0.975. The van der Waals surface area contributed by atoms with Gasteiger partial charge in [-0.1, -0.05) is 109 Å². The van der Waals surface area contributed by atoms with Crippen LogP contribution in [-0.2, 0) is 0 Å². The molecule has 9 rings (SSSR count). The van der Waals surface area contributed by atoms with E-state index in [1.165, 1.54) is 0 Å². The first kappa shape index (κ1) is 23.7. The molecule has 6 heteroatoms. The third-order valence-corrected chi connectivity index (χ3v) is 8.08. The predicted octanol–water partition coefficient (Wildman–Crippen LogP) is 8.50. The normalized spacial score (nSPS) is 11.7. The van der Waals surface area contributed by atoms with Gasteiger partial charge in [-0.25, -0.2) is 15.0 Å². The second kappa shape index (κ2) is 9.26. The van der Waals surface area contributed by atoms with E-state index in [0.717, 1.165) is 67.1 Å². The average Bonchev–Trinajstić information content (AvgIpc) is 3.71. The fourth-order valence-electron chi connectivity index (χ4n) is 6.17. The molecular formula is C37H24N6. The maximum atomic E-state index is 5.31. The molecule has 4 heterocycles. The number of rotatable bonds is 4. The quantitative estimate of drug-likeness (QED) is 0.220. The smallest absolute Gasteiger partial charge is 0.237 e. The molecule has 6 nitrogen and oxygen atoms in total. The summed E-state index contributed by atoms with van der Waals surface area (Å²) in [5.41, 5.74) is 9.87. The van der Waals surface area contributed by atoms with Gasteiger partial charge in [-0.3, -0.25) is 13.5 Å². The van der Waals surface area contributed by atoms with E-state index in [9.17, 15) is 0 Å². The average molecular weight is 553 g/mol. The molecule has 0 aliphatic heterocycles. The molecule has 202 valence electrons. The molecule has 0 saturated heterocycles. The van der Waals surface area contributed by atoms with Crippen molar-refractivity contribution in [3.05, 3.63) is 146 Å². The van der Waals surface area contributed by atoms with E-state index in [1.54, 1.807) is 0 Å². The highest BCUT2D eigenvalue weighted by atomic mass is 15.3. The first-order chi connectivity index (χ1) is 21.3. The van der Waals surface area contributed by atoms with Gasteiger partial charge in [0, 0.05) is 22.2 Å². The van der Waals surface area contributed by atoms with Gasteiger partial charge in [0.05, 0.1) is 27.9 Å². The highest BCUT2D eigenvalue weighted by molar-refractivity contribution is 6.08. The van der Waals surface area contributed by atoms with Crippen LogP contribution in [0.4, 0.5) is 0 Å². The maximum absolute atomic E-state index is 5.31. The number of imidazole rings is 2. The Morgan fingerprint density at radius 1 is 0.442 bits per heavy atom. The molecule has 0 aliphatic carbocycles. The van der Waals surface area contributed by atoms with Gasteiger partial charge in [-0.2, -0.15) is 0 Å². The van der Waals surface area contributed by atoms with Crippen molar-refractivity contribution < 1.29 is 0 Å². The van der Waals surface area contributed by atoms with Gasteiger partial charge < -0.3 is 0 Å². The Labute approximate surface area is 246 Å². The Morgan fingerprint density at radius 2 is 0.977 bits per heavy atom. The van der Waals surface area contributed by atoms with Crippen LogP contribution in [0.25, 0.3) is 73.0 Å². The summed E-state index contributed by atoms with van der Waals surface area (Å²) in [5.74, 6) is 1.45. The topological polar surface area (TPSA) is 52.9 Å². The van der Waals surface area contributed by atoms with Gasteiger partial charge in [0.15, 0.2) is 5.65 Å². The highest BCUT2D eigenvalue weighted by Gasteiger charge is 2.25. The van der Waals surface area contributed by atoms with Crippen LogP contribution in [0.15, 0.2) is 146 Å². The van der Waals surface area contributed by atoms with Crippen LogP contribution in [-0.4, -0.2) is 28.5 Å². The minimum Gasteiger partial charge on any atom is -0.278 e. The molecule has 9 aromatic rings. The second-order valence-electron chi connectivity index (χ2n) is 10.6. The number of para-hydroxylation sites is 4. The molecule has 0 N–H and O–H groups in total. The summed E-state index contributed by atoms with van der Waals surface area (Å²) in [6, 6.07) is 49.9. The van der Waals surface area contributed by atoms with E-state index in [4.69, 9.17) is 15.0 Å². The molecular weight excluding hydrogens is 528 g/mol. The lowest BCUT2D eigenvalue weighted by Gasteiger charge is -2.11. The van der Waals surface area contributed by atoms with Crippen molar-refractivity contribution >= 4 is 38.9 Å². The van der Waals surface area contributed by atoms with Crippen molar-refractivity contribution in [3.8, 4) is 34.2 Å². The largest absolute Gasteiger partial charge is 0.278 e. The molecule has 0 aliphatic rings. The van der Waals surface area contributed by atoms with Gasteiger partial charge in [-0.15, -0.1) is 0 Å². The van der Waals surface area contributed by atoms with Crippen LogP contribution in [0.1, 0.15) is 0 Å². The van der Waals surface area contributed by atoms with E-state index in [-0.39, 0.29) is 0 Å². The van der Waals surface area contributed by atoms with Gasteiger partial charge >= 0.3 is 0 Å². The first-order valence-corrected chi connectivity index (χ1v) is 14.3. The zero-order valence-electron chi connectivity index (χ0n) is 23.0. The van der Waals surface area contributed by atoms with E-state index in [1.807, 2.05) is 42.5 Å². The van der Waals surface area contributed by atoms with Gasteiger partial charge in [0.1, 0.15) is 5.52 Å². The molecule has 0 saturated carbocycles. The molecule has 43 heavy (non-hydrogen) atoms. The molecule has 0 atom stereocenters. The fourth-order valence-corrected chi connectivity index (χ4v) is 6.17. The lowest BCUT2D eigenvalue weighted by atomic mass is 10.1. The van der Waals surface area contributed by atoms with Gasteiger partial charge in [0.2, 0.25) is 11.7 Å². The number of hydrogen-bond acceptors (Lipinski definition) is 3. The molecule has 5 aromatic carbocycles. The summed E-state index contributed by atoms with van der Waals surface area (Å²) in [5, 5.41) is 1.06. The van der Waals surface area contributed by atoms with Crippen LogP contribution >= 0.6 is 0 Å². The summed E-state index contributed by atoms with van der Waals surface area (Å²) in [6.45, 7) is 0. The van der Waals surface area contributed by atoms with Crippen molar-refractivity contribution in [1.29, 1.82) is 0 Å². The standard InChI is InChI=1S/C37H24N6/c1-4-14-25(15-5-1)29-24-30(26-16-6-2-7-17-26)39-36(38-29)42-31-21-11-10-20-28(31)34-35(42)43-33-23-13-12-22-32(33)41(37(43)40-34)27-18-8-3-9-19-27/h1-24H. The van der Waals surface area contributed by atoms with E-state index in [2.05, 4.69) is 117 Å². The zero-order valence-corrected chi connectivity index (χ0v) is 23.0. The molecule has 0 spiro atoms.